The fourth-order valence-corrected chi connectivity index (χ4v) is 2.07. The third-order valence-corrected chi connectivity index (χ3v) is 3.12. The van der Waals surface area contributed by atoms with Crippen LogP contribution in [0.3, 0.4) is 0 Å². The van der Waals surface area contributed by atoms with Gasteiger partial charge in [-0.1, -0.05) is 13.8 Å². The van der Waals surface area contributed by atoms with Gasteiger partial charge in [-0.15, -0.1) is 0 Å². The van der Waals surface area contributed by atoms with E-state index in [9.17, 15) is 0 Å². The molecule has 1 aliphatic heterocycles. The molecular formula is C12H26N2. The first-order valence-corrected chi connectivity index (χ1v) is 6.07. The van der Waals surface area contributed by atoms with Crippen LogP contribution in [0.25, 0.3) is 0 Å². The Bertz CT molecular complexity index is 139. The third-order valence-electron chi connectivity index (χ3n) is 3.12. The molecule has 0 aromatic heterocycles. The van der Waals surface area contributed by atoms with E-state index in [0.717, 1.165) is 11.8 Å². The Hall–Kier alpha value is -0.0800. The highest BCUT2D eigenvalue weighted by Gasteiger charge is 2.14. The van der Waals surface area contributed by atoms with Gasteiger partial charge in [0.1, 0.15) is 0 Å². The van der Waals surface area contributed by atoms with E-state index in [1.165, 1.54) is 45.4 Å². The summed E-state index contributed by atoms with van der Waals surface area (Å²) in [5.74, 6) is 1.78. The van der Waals surface area contributed by atoms with Crippen LogP contribution in [0.1, 0.15) is 33.1 Å². The van der Waals surface area contributed by atoms with Gasteiger partial charge < -0.3 is 10.2 Å². The molecule has 14 heavy (non-hydrogen) atoms. The van der Waals surface area contributed by atoms with Crippen LogP contribution in [0.15, 0.2) is 0 Å². The van der Waals surface area contributed by atoms with Crippen LogP contribution >= 0.6 is 0 Å². The van der Waals surface area contributed by atoms with Crippen molar-refractivity contribution in [2.75, 3.05) is 33.2 Å². The van der Waals surface area contributed by atoms with Gasteiger partial charge in [-0.3, -0.25) is 0 Å². The molecule has 0 aliphatic carbocycles. The van der Waals surface area contributed by atoms with Gasteiger partial charge in [0, 0.05) is 6.54 Å². The van der Waals surface area contributed by atoms with Crippen LogP contribution in [0.5, 0.6) is 0 Å². The zero-order valence-corrected chi connectivity index (χ0v) is 10.1. The molecule has 84 valence electrons. The minimum absolute atomic E-state index is 0.838. The van der Waals surface area contributed by atoms with Crippen molar-refractivity contribution in [3.05, 3.63) is 0 Å². The molecule has 1 heterocycles. The summed E-state index contributed by atoms with van der Waals surface area (Å²) in [4.78, 5) is 2.51. The van der Waals surface area contributed by atoms with Crippen LogP contribution in [-0.2, 0) is 0 Å². The Morgan fingerprint density at radius 1 is 1.29 bits per heavy atom. The number of nitrogens with one attached hydrogen (secondary N) is 1. The second-order valence-electron chi connectivity index (χ2n) is 5.14. The topological polar surface area (TPSA) is 15.3 Å². The van der Waals surface area contributed by atoms with Gasteiger partial charge >= 0.3 is 0 Å². The van der Waals surface area contributed by atoms with E-state index in [0.29, 0.717) is 0 Å². The van der Waals surface area contributed by atoms with E-state index in [-0.39, 0.29) is 0 Å². The van der Waals surface area contributed by atoms with Crippen molar-refractivity contribution in [3.8, 4) is 0 Å². The van der Waals surface area contributed by atoms with E-state index in [1.807, 2.05) is 0 Å². The minimum Gasteiger partial charge on any atom is -0.317 e. The van der Waals surface area contributed by atoms with Crippen molar-refractivity contribution in [1.29, 1.82) is 0 Å². The summed E-state index contributed by atoms with van der Waals surface area (Å²) in [6.07, 6.45) is 4.07. The quantitative estimate of drug-likeness (QED) is 0.726. The van der Waals surface area contributed by atoms with E-state index in [2.05, 4.69) is 31.1 Å². The molecular weight excluding hydrogens is 172 g/mol. The highest BCUT2D eigenvalue weighted by atomic mass is 15.1. The fourth-order valence-electron chi connectivity index (χ4n) is 2.07. The number of hydrogen-bond acceptors (Lipinski definition) is 2. The summed E-state index contributed by atoms with van der Waals surface area (Å²) in [5, 5.41) is 3.42. The van der Waals surface area contributed by atoms with E-state index in [4.69, 9.17) is 0 Å². The van der Waals surface area contributed by atoms with Gasteiger partial charge in [0.25, 0.3) is 0 Å². The molecule has 0 bridgehead atoms. The Morgan fingerprint density at radius 2 is 1.93 bits per heavy atom. The maximum Gasteiger partial charge on any atom is 0.000756 e. The molecule has 1 rings (SSSR count). The van der Waals surface area contributed by atoms with Crippen molar-refractivity contribution >= 4 is 0 Å². The maximum absolute atomic E-state index is 3.42. The smallest absolute Gasteiger partial charge is 0.000756 e. The predicted molar refractivity (Wildman–Crippen MR) is 62.5 cm³/mol. The van der Waals surface area contributed by atoms with Crippen LogP contribution in [0.4, 0.5) is 0 Å². The van der Waals surface area contributed by atoms with Gasteiger partial charge in [-0.2, -0.15) is 0 Å². The third kappa shape index (κ3) is 4.97. The zero-order chi connectivity index (χ0) is 10.4. The van der Waals surface area contributed by atoms with Crippen molar-refractivity contribution in [1.82, 2.24) is 10.2 Å². The van der Waals surface area contributed by atoms with Gasteiger partial charge in [0.2, 0.25) is 0 Å². The molecule has 1 saturated heterocycles. The molecule has 1 fully saturated rings. The first-order valence-electron chi connectivity index (χ1n) is 6.07. The SMILES string of the molecule is CC(C)CCN(C)CC1CCNCC1. The number of piperidine rings is 1. The maximum atomic E-state index is 3.42. The molecule has 0 saturated carbocycles. The average molecular weight is 198 g/mol. The summed E-state index contributed by atoms with van der Waals surface area (Å²) in [7, 11) is 2.27. The molecule has 1 N–H and O–H groups in total. The standard InChI is InChI=1S/C12H26N2/c1-11(2)6-9-14(3)10-12-4-7-13-8-5-12/h11-13H,4-10H2,1-3H3. The lowest BCUT2D eigenvalue weighted by molar-refractivity contribution is 0.231. The van der Waals surface area contributed by atoms with Gasteiger partial charge in [0.15, 0.2) is 0 Å². The van der Waals surface area contributed by atoms with E-state index < -0.39 is 0 Å². The minimum atomic E-state index is 0.838. The summed E-state index contributed by atoms with van der Waals surface area (Å²) in [6, 6.07) is 0. The van der Waals surface area contributed by atoms with Crippen LogP contribution in [-0.4, -0.2) is 38.1 Å². The van der Waals surface area contributed by atoms with Crippen LogP contribution in [0.2, 0.25) is 0 Å². The first kappa shape index (κ1) is 12.0. The molecule has 0 amide bonds. The highest BCUT2D eigenvalue weighted by molar-refractivity contribution is 4.71. The van der Waals surface area contributed by atoms with Gasteiger partial charge in [-0.05, 0) is 57.8 Å². The van der Waals surface area contributed by atoms with Crippen LogP contribution in [0, 0.1) is 11.8 Å². The Balaban J connectivity index is 2.09. The Labute approximate surface area is 89.1 Å². The highest BCUT2D eigenvalue weighted by Crippen LogP contribution is 2.13. The molecule has 1 aliphatic rings. The number of nitrogens with zero attached hydrogens (tertiary/aromatic N) is 1. The molecule has 2 heteroatoms. The molecule has 2 nitrogen and oxygen atoms in total. The van der Waals surface area contributed by atoms with Crippen molar-refractivity contribution in [2.45, 2.75) is 33.1 Å². The molecule has 0 atom stereocenters. The van der Waals surface area contributed by atoms with Crippen molar-refractivity contribution in [2.24, 2.45) is 11.8 Å². The van der Waals surface area contributed by atoms with Crippen molar-refractivity contribution < 1.29 is 0 Å². The normalized spacial score (nSPS) is 19.5. The largest absolute Gasteiger partial charge is 0.317 e. The summed E-state index contributed by atoms with van der Waals surface area (Å²) in [5.41, 5.74) is 0. The fraction of sp³-hybridized carbons (Fsp3) is 1.00. The summed E-state index contributed by atoms with van der Waals surface area (Å²) < 4.78 is 0. The molecule has 0 aromatic rings. The zero-order valence-electron chi connectivity index (χ0n) is 10.1. The molecule has 0 radical (unpaired) electrons. The number of rotatable bonds is 5. The average Bonchev–Trinajstić information content (AvgIpc) is 2.16. The monoisotopic (exact) mass is 198 g/mol. The Kier molecular flexibility index (Phi) is 5.49. The second kappa shape index (κ2) is 6.41. The lowest BCUT2D eigenvalue weighted by Gasteiger charge is -2.27. The number of hydrogen-bond donors (Lipinski definition) is 1. The van der Waals surface area contributed by atoms with Crippen molar-refractivity contribution in [3.63, 3.8) is 0 Å². The summed E-state index contributed by atoms with van der Waals surface area (Å²) >= 11 is 0. The lowest BCUT2D eigenvalue weighted by atomic mass is 9.97. The second-order valence-corrected chi connectivity index (χ2v) is 5.14. The molecule has 0 aromatic carbocycles. The van der Waals surface area contributed by atoms with E-state index in [1.54, 1.807) is 0 Å². The molecule has 0 unspecified atom stereocenters. The first-order chi connectivity index (χ1) is 6.68. The predicted octanol–water partition coefficient (Wildman–Crippen LogP) is 1.96. The Morgan fingerprint density at radius 3 is 2.50 bits per heavy atom. The van der Waals surface area contributed by atoms with Gasteiger partial charge in [0.05, 0.1) is 0 Å². The van der Waals surface area contributed by atoms with Gasteiger partial charge in [-0.25, -0.2) is 0 Å². The molecule has 0 spiro atoms. The lowest BCUT2D eigenvalue weighted by Crippen LogP contribution is -2.35. The van der Waals surface area contributed by atoms with Crippen LogP contribution < -0.4 is 5.32 Å². The van der Waals surface area contributed by atoms with E-state index >= 15 is 0 Å². The summed E-state index contributed by atoms with van der Waals surface area (Å²) in [6.45, 7) is 9.62.